The van der Waals surface area contributed by atoms with Gasteiger partial charge in [-0.15, -0.1) is 22.7 Å². The quantitative estimate of drug-likeness (QED) is 0.829. The molecule has 0 aliphatic carbocycles. The summed E-state index contributed by atoms with van der Waals surface area (Å²) in [5, 5.41) is 14.1. The van der Waals surface area contributed by atoms with Crippen molar-refractivity contribution in [2.75, 3.05) is 20.6 Å². The molecular formula is C15H19N4S2+. The van der Waals surface area contributed by atoms with Crippen molar-refractivity contribution in [3.05, 3.63) is 38.5 Å². The number of nitrogens with one attached hydrogen (secondary N) is 1. The number of hydrogen-bond donors (Lipinski definition) is 1. The van der Waals surface area contributed by atoms with Gasteiger partial charge in [-0.2, -0.15) is 5.26 Å². The van der Waals surface area contributed by atoms with E-state index in [1.54, 1.807) is 17.6 Å². The van der Waals surface area contributed by atoms with Crippen LogP contribution in [0.3, 0.4) is 0 Å². The second kappa shape index (κ2) is 7.46. The van der Waals surface area contributed by atoms with Crippen LogP contribution in [-0.4, -0.2) is 31.8 Å². The van der Waals surface area contributed by atoms with E-state index in [0.29, 0.717) is 12.6 Å². The number of hydrogen-bond acceptors (Lipinski definition) is 5. The summed E-state index contributed by atoms with van der Waals surface area (Å²) in [4.78, 5) is 11.5. The van der Waals surface area contributed by atoms with Crippen LogP contribution in [0.15, 0.2) is 27.9 Å². The number of nitrogens with zero attached hydrogens (tertiary/aromatic N) is 3. The Morgan fingerprint density at radius 1 is 1.48 bits per heavy atom. The van der Waals surface area contributed by atoms with Crippen LogP contribution in [0, 0.1) is 18.3 Å². The molecule has 6 heteroatoms. The van der Waals surface area contributed by atoms with E-state index >= 15 is 0 Å². The number of nitriles is 1. The molecule has 0 unspecified atom stereocenters. The molecule has 2 rings (SSSR count). The van der Waals surface area contributed by atoms with Gasteiger partial charge in [-0.1, -0.05) is 6.07 Å². The molecule has 2 aromatic rings. The molecule has 0 fully saturated rings. The fourth-order valence-corrected chi connectivity index (χ4v) is 3.73. The lowest BCUT2D eigenvalue weighted by molar-refractivity contribution is -0.890. The average Bonchev–Trinajstić information content (AvgIpc) is 3.10. The Morgan fingerprint density at radius 2 is 2.29 bits per heavy atom. The molecule has 110 valence electrons. The molecule has 0 bridgehead atoms. The fraction of sp³-hybridized carbons (Fsp3) is 0.400. The number of quaternary nitrogens is 1. The van der Waals surface area contributed by atoms with Crippen molar-refractivity contribution >= 4 is 28.9 Å². The van der Waals surface area contributed by atoms with Gasteiger partial charge in [0.15, 0.2) is 0 Å². The molecular weight excluding hydrogens is 300 g/mol. The topological polar surface area (TPSA) is 53.5 Å². The van der Waals surface area contributed by atoms with Gasteiger partial charge in [0, 0.05) is 17.3 Å². The first-order valence-corrected chi connectivity index (χ1v) is 8.52. The second-order valence-electron chi connectivity index (χ2n) is 5.09. The zero-order valence-corrected chi connectivity index (χ0v) is 14.0. The first-order valence-electron chi connectivity index (χ1n) is 6.77. The normalized spacial score (nSPS) is 14.4. The standard InChI is InChI=1S/C15H18N4S2/c1-11-10-21-15(18-11)12(7-16)8-17-9-13(19(2)3)14-5-4-6-20-14/h4-6,8,10,12-13H,9H2,1-3H3/p+1/t12-,13-/m1/s1. The van der Waals surface area contributed by atoms with E-state index in [-0.39, 0.29) is 5.92 Å². The summed E-state index contributed by atoms with van der Waals surface area (Å²) in [6.07, 6.45) is 1.74. The van der Waals surface area contributed by atoms with Gasteiger partial charge in [-0.05, 0) is 18.4 Å². The SMILES string of the molecule is Cc1csc([C@H](C#N)C=NC[C@H](c2cccs2)[NH+](C)C)n1. The largest absolute Gasteiger partial charge is 0.331 e. The first-order chi connectivity index (χ1) is 10.1. The summed E-state index contributed by atoms with van der Waals surface area (Å²) in [6.45, 7) is 2.62. The minimum absolute atomic E-state index is 0.332. The predicted molar refractivity (Wildman–Crippen MR) is 88.4 cm³/mol. The van der Waals surface area contributed by atoms with E-state index in [4.69, 9.17) is 0 Å². The number of aliphatic imine (C=N–C) groups is 1. The molecule has 0 spiro atoms. The zero-order valence-electron chi connectivity index (χ0n) is 12.4. The van der Waals surface area contributed by atoms with E-state index < -0.39 is 0 Å². The van der Waals surface area contributed by atoms with Crippen molar-refractivity contribution in [2.24, 2.45) is 4.99 Å². The van der Waals surface area contributed by atoms with Gasteiger partial charge in [0.2, 0.25) is 0 Å². The molecule has 0 aliphatic heterocycles. The molecule has 0 aromatic carbocycles. The fourth-order valence-electron chi connectivity index (χ4n) is 1.99. The minimum atomic E-state index is -0.343. The number of aromatic nitrogens is 1. The lowest BCUT2D eigenvalue weighted by atomic mass is 10.2. The second-order valence-corrected chi connectivity index (χ2v) is 6.96. The number of thiophene rings is 1. The molecule has 0 saturated carbocycles. The Bertz CT molecular complexity index is 622. The Kier molecular flexibility index (Phi) is 5.62. The van der Waals surface area contributed by atoms with E-state index in [1.165, 1.54) is 21.1 Å². The Labute approximate surface area is 133 Å². The molecule has 2 atom stereocenters. The first kappa shape index (κ1) is 15.8. The highest BCUT2D eigenvalue weighted by Gasteiger charge is 2.18. The third kappa shape index (κ3) is 4.21. The van der Waals surface area contributed by atoms with Crippen LogP contribution in [0.4, 0.5) is 0 Å². The highest BCUT2D eigenvalue weighted by Crippen LogP contribution is 2.19. The monoisotopic (exact) mass is 319 g/mol. The lowest BCUT2D eigenvalue weighted by Crippen LogP contribution is -3.06. The number of likely N-dealkylation sites (N-methyl/N-ethyl adjacent to an activating group) is 1. The summed E-state index contributed by atoms with van der Waals surface area (Å²) < 4.78 is 0. The molecule has 0 saturated heterocycles. The van der Waals surface area contributed by atoms with Crippen LogP contribution in [0.2, 0.25) is 0 Å². The highest BCUT2D eigenvalue weighted by molar-refractivity contribution is 7.10. The average molecular weight is 319 g/mol. The predicted octanol–water partition coefficient (Wildman–Crippen LogP) is 2.08. The van der Waals surface area contributed by atoms with E-state index in [2.05, 4.69) is 47.7 Å². The maximum absolute atomic E-state index is 9.27. The van der Waals surface area contributed by atoms with Crippen molar-refractivity contribution in [3.63, 3.8) is 0 Å². The number of rotatable bonds is 6. The highest BCUT2D eigenvalue weighted by atomic mass is 32.1. The van der Waals surface area contributed by atoms with Crippen molar-refractivity contribution in [3.8, 4) is 6.07 Å². The number of aryl methyl sites for hydroxylation is 1. The van der Waals surface area contributed by atoms with Crippen molar-refractivity contribution in [1.82, 2.24) is 4.98 Å². The van der Waals surface area contributed by atoms with Gasteiger partial charge in [0.1, 0.15) is 17.0 Å². The Morgan fingerprint density at radius 3 is 2.81 bits per heavy atom. The molecule has 21 heavy (non-hydrogen) atoms. The molecule has 4 nitrogen and oxygen atoms in total. The lowest BCUT2D eigenvalue weighted by Gasteiger charge is -2.18. The van der Waals surface area contributed by atoms with Crippen molar-refractivity contribution in [2.45, 2.75) is 18.9 Å². The van der Waals surface area contributed by atoms with Gasteiger partial charge in [0.05, 0.1) is 31.6 Å². The summed E-state index contributed by atoms with van der Waals surface area (Å²) in [5.41, 5.74) is 0.956. The van der Waals surface area contributed by atoms with Crippen LogP contribution >= 0.6 is 22.7 Å². The third-order valence-corrected chi connectivity index (χ3v) is 5.20. The Hall–Kier alpha value is -1.55. The maximum atomic E-state index is 9.27. The smallest absolute Gasteiger partial charge is 0.142 e. The molecule has 0 amide bonds. The van der Waals surface area contributed by atoms with Crippen molar-refractivity contribution in [1.29, 1.82) is 5.26 Å². The summed E-state index contributed by atoms with van der Waals surface area (Å²) in [7, 11) is 4.26. The minimum Gasteiger partial charge on any atom is -0.331 e. The molecule has 2 aromatic heterocycles. The van der Waals surface area contributed by atoms with Crippen LogP contribution < -0.4 is 4.90 Å². The third-order valence-electron chi connectivity index (χ3n) is 3.17. The Balaban J connectivity index is 2.04. The molecule has 0 radical (unpaired) electrons. The zero-order chi connectivity index (χ0) is 15.2. The van der Waals surface area contributed by atoms with Gasteiger partial charge in [-0.25, -0.2) is 4.98 Å². The van der Waals surface area contributed by atoms with Crippen LogP contribution in [0.5, 0.6) is 0 Å². The molecule has 0 aliphatic rings. The van der Waals surface area contributed by atoms with Crippen LogP contribution in [-0.2, 0) is 0 Å². The van der Waals surface area contributed by atoms with E-state index in [1.807, 2.05) is 12.3 Å². The van der Waals surface area contributed by atoms with Gasteiger partial charge in [-0.3, -0.25) is 4.99 Å². The molecule has 1 N–H and O–H groups in total. The van der Waals surface area contributed by atoms with Gasteiger partial charge >= 0.3 is 0 Å². The summed E-state index contributed by atoms with van der Waals surface area (Å²) in [6, 6.07) is 6.80. The number of thiazole rings is 1. The summed E-state index contributed by atoms with van der Waals surface area (Å²) >= 11 is 3.27. The van der Waals surface area contributed by atoms with Crippen molar-refractivity contribution < 1.29 is 4.90 Å². The van der Waals surface area contributed by atoms with E-state index in [0.717, 1.165) is 10.7 Å². The van der Waals surface area contributed by atoms with Gasteiger partial charge in [0.25, 0.3) is 0 Å². The van der Waals surface area contributed by atoms with Gasteiger partial charge < -0.3 is 4.90 Å². The summed E-state index contributed by atoms with van der Waals surface area (Å²) in [5.74, 6) is -0.343. The van der Waals surface area contributed by atoms with Crippen LogP contribution in [0.1, 0.15) is 27.5 Å². The van der Waals surface area contributed by atoms with E-state index in [9.17, 15) is 5.26 Å². The molecule has 2 heterocycles. The van der Waals surface area contributed by atoms with Crippen LogP contribution in [0.25, 0.3) is 0 Å². The maximum Gasteiger partial charge on any atom is 0.142 e.